The van der Waals surface area contributed by atoms with Crippen LogP contribution >= 0.6 is 0 Å². The highest BCUT2D eigenvalue weighted by Gasteiger charge is 2.33. The van der Waals surface area contributed by atoms with Crippen molar-refractivity contribution in [3.05, 3.63) is 59.2 Å². The summed E-state index contributed by atoms with van der Waals surface area (Å²) in [5, 5.41) is 0. The lowest BCUT2D eigenvalue weighted by molar-refractivity contribution is -0.137. The normalized spacial score (nSPS) is 13.0. The Morgan fingerprint density at radius 2 is 1.86 bits per heavy atom. The number of nitrogen functional groups attached to an aromatic ring is 1. The number of anilines is 1. The second-order valence-corrected chi connectivity index (χ2v) is 5.18. The molecule has 0 aliphatic rings. The van der Waals surface area contributed by atoms with Crippen molar-refractivity contribution in [3.8, 4) is 5.75 Å². The van der Waals surface area contributed by atoms with Gasteiger partial charge in [-0.25, -0.2) is 0 Å². The van der Waals surface area contributed by atoms with Crippen LogP contribution in [0.3, 0.4) is 0 Å². The molecule has 2 nitrogen and oxygen atoms in total. The number of nitrogens with two attached hydrogens (primary N) is 1. The second-order valence-electron chi connectivity index (χ2n) is 5.18. The third-order valence-corrected chi connectivity index (χ3v) is 3.39. The van der Waals surface area contributed by atoms with Gasteiger partial charge in [-0.15, -0.1) is 0 Å². The summed E-state index contributed by atoms with van der Waals surface area (Å²) in [6.45, 7) is 3.89. The minimum absolute atomic E-state index is 0.162. The fraction of sp³-hybridized carbons (Fsp3) is 0.294. The van der Waals surface area contributed by atoms with Crippen molar-refractivity contribution in [2.45, 2.75) is 32.5 Å². The van der Waals surface area contributed by atoms with E-state index in [4.69, 9.17) is 10.5 Å². The van der Waals surface area contributed by atoms with Crippen LogP contribution in [0.2, 0.25) is 0 Å². The molecule has 0 saturated heterocycles. The number of benzene rings is 2. The number of alkyl halides is 3. The molecule has 5 heteroatoms. The molecule has 0 aliphatic carbocycles. The molecule has 118 valence electrons. The smallest absolute Gasteiger partial charge is 0.418 e. The number of halogens is 3. The summed E-state index contributed by atoms with van der Waals surface area (Å²) in [7, 11) is 0. The standard InChI is InChI=1S/C17H18F3NO/c1-3-16(12-6-4-5-11(2)9-12)22-13-7-8-15(21)14(10-13)17(18,19)20/h4-10,16H,3,21H2,1-2H3. The van der Waals surface area contributed by atoms with Gasteiger partial charge in [0.2, 0.25) is 0 Å². The highest BCUT2D eigenvalue weighted by Crippen LogP contribution is 2.37. The third kappa shape index (κ3) is 3.72. The molecule has 2 N–H and O–H groups in total. The molecule has 0 heterocycles. The maximum absolute atomic E-state index is 12.9. The van der Waals surface area contributed by atoms with Gasteiger partial charge in [-0.1, -0.05) is 36.8 Å². The summed E-state index contributed by atoms with van der Waals surface area (Å²) in [4.78, 5) is 0. The van der Waals surface area contributed by atoms with Crippen molar-refractivity contribution in [1.29, 1.82) is 0 Å². The molecule has 0 aromatic heterocycles. The molecule has 0 radical (unpaired) electrons. The summed E-state index contributed by atoms with van der Waals surface area (Å²) in [5.74, 6) is 0.162. The number of rotatable bonds is 4. The van der Waals surface area contributed by atoms with Crippen molar-refractivity contribution < 1.29 is 17.9 Å². The fourth-order valence-electron chi connectivity index (χ4n) is 2.28. The van der Waals surface area contributed by atoms with Crippen molar-refractivity contribution >= 4 is 5.69 Å². The van der Waals surface area contributed by atoms with Crippen molar-refractivity contribution in [3.63, 3.8) is 0 Å². The van der Waals surface area contributed by atoms with E-state index in [2.05, 4.69) is 0 Å². The first kappa shape index (κ1) is 16.2. The van der Waals surface area contributed by atoms with Gasteiger partial charge < -0.3 is 10.5 Å². The first-order valence-corrected chi connectivity index (χ1v) is 7.01. The number of hydrogen-bond acceptors (Lipinski definition) is 2. The Bertz CT molecular complexity index is 653. The van der Waals surface area contributed by atoms with Crippen LogP contribution in [0.4, 0.5) is 18.9 Å². The van der Waals surface area contributed by atoms with Crippen molar-refractivity contribution in [1.82, 2.24) is 0 Å². The van der Waals surface area contributed by atoms with Crippen LogP contribution in [0.5, 0.6) is 5.75 Å². The molecule has 2 aromatic rings. The quantitative estimate of drug-likeness (QED) is 0.795. The lowest BCUT2D eigenvalue weighted by Gasteiger charge is -2.20. The SMILES string of the molecule is CCC(Oc1ccc(N)c(C(F)(F)F)c1)c1cccc(C)c1. The van der Waals surface area contributed by atoms with Crippen LogP contribution in [0, 0.1) is 6.92 Å². The zero-order valence-corrected chi connectivity index (χ0v) is 12.4. The van der Waals surface area contributed by atoms with Crippen LogP contribution in [0.25, 0.3) is 0 Å². The minimum atomic E-state index is -4.49. The molecular formula is C17H18F3NO. The molecule has 1 atom stereocenters. The topological polar surface area (TPSA) is 35.2 Å². The Morgan fingerprint density at radius 1 is 1.14 bits per heavy atom. The number of aryl methyl sites for hydroxylation is 1. The van der Waals surface area contributed by atoms with E-state index in [1.54, 1.807) is 0 Å². The van der Waals surface area contributed by atoms with E-state index in [0.29, 0.717) is 6.42 Å². The van der Waals surface area contributed by atoms with Gasteiger partial charge in [-0.05, 0) is 37.1 Å². The molecule has 2 aromatic carbocycles. The lowest BCUT2D eigenvalue weighted by Crippen LogP contribution is -2.11. The second kappa shape index (κ2) is 6.30. The summed E-state index contributed by atoms with van der Waals surface area (Å²) >= 11 is 0. The molecule has 1 unspecified atom stereocenters. The van der Waals surface area contributed by atoms with E-state index in [1.807, 2.05) is 38.1 Å². The van der Waals surface area contributed by atoms with Crippen LogP contribution in [-0.2, 0) is 6.18 Å². The minimum Gasteiger partial charge on any atom is -0.486 e. The Morgan fingerprint density at radius 3 is 2.45 bits per heavy atom. The van der Waals surface area contributed by atoms with Crippen LogP contribution in [0.15, 0.2) is 42.5 Å². The molecule has 0 bridgehead atoms. The predicted octanol–water partition coefficient (Wildman–Crippen LogP) is 5.13. The van der Waals surface area contributed by atoms with Gasteiger partial charge in [0.25, 0.3) is 0 Å². The highest BCUT2D eigenvalue weighted by molar-refractivity contribution is 5.52. The Balaban J connectivity index is 2.29. The third-order valence-electron chi connectivity index (χ3n) is 3.39. The van der Waals surface area contributed by atoms with E-state index in [1.165, 1.54) is 12.1 Å². The predicted molar refractivity (Wildman–Crippen MR) is 80.7 cm³/mol. The van der Waals surface area contributed by atoms with E-state index >= 15 is 0 Å². The van der Waals surface area contributed by atoms with Crippen molar-refractivity contribution in [2.24, 2.45) is 0 Å². The molecule has 0 amide bonds. The van der Waals surface area contributed by atoms with Gasteiger partial charge in [0.15, 0.2) is 0 Å². The monoisotopic (exact) mass is 309 g/mol. The van der Waals surface area contributed by atoms with Gasteiger partial charge in [-0.3, -0.25) is 0 Å². The molecule has 0 aliphatic heterocycles. The number of hydrogen-bond donors (Lipinski definition) is 1. The van der Waals surface area contributed by atoms with Crippen LogP contribution in [0.1, 0.15) is 36.1 Å². The zero-order chi connectivity index (χ0) is 16.3. The van der Waals surface area contributed by atoms with E-state index < -0.39 is 11.7 Å². The van der Waals surface area contributed by atoms with Gasteiger partial charge in [0, 0.05) is 5.69 Å². The van der Waals surface area contributed by atoms with Gasteiger partial charge in [0.05, 0.1) is 5.56 Å². The molecular weight excluding hydrogens is 291 g/mol. The van der Waals surface area contributed by atoms with Crippen molar-refractivity contribution in [2.75, 3.05) is 5.73 Å². The first-order valence-electron chi connectivity index (χ1n) is 7.01. The molecule has 2 rings (SSSR count). The summed E-state index contributed by atoms with van der Waals surface area (Å²) < 4.78 is 44.4. The average Bonchev–Trinajstić information content (AvgIpc) is 2.45. The molecule has 22 heavy (non-hydrogen) atoms. The zero-order valence-electron chi connectivity index (χ0n) is 12.4. The van der Waals surface area contributed by atoms with Gasteiger partial charge >= 0.3 is 6.18 Å². The summed E-state index contributed by atoms with van der Waals surface area (Å²) in [5.41, 5.74) is 6.24. The fourth-order valence-corrected chi connectivity index (χ4v) is 2.28. The average molecular weight is 309 g/mol. The maximum Gasteiger partial charge on any atom is 0.418 e. The molecule has 0 spiro atoms. The van der Waals surface area contributed by atoms with Gasteiger partial charge in [-0.2, -0.15) is 13.2 Å². The molecule has 0 saturated carbocycles. The largest absolute Gasteiger partial charge is 0.486 e. The van der Waals surface area contributed by atoms with Crippen LogP contribution < -0.4 is 10.5 Å². The Labute approximate surface area is 127 Å². The molecule has 0 fully saturated rings. The van der Waals surface area contributed by atoms with Gasteiger partial charge in [0.1, 0.15) is 11.9 Å². The van der Waals surface area contributed by atoms with Crippen LogP contribution in [-0.4, -0.2) is 0 Å². The van der Waals surface area contributed by atoms with E-state index in [9.17, 15) is 13.2 Å². The van der Waals surface area contributed by atoms with E-state index in [-0.39, 0.29) is 17.5 Å². The first-order chi connectivity index (χ1) is 10.3. The Kier molecular flexibility index (Phi) is 4.64. The Hall–Kier alpha value is -2.17. The van der Waals surface area contributed by atoms with E-state index in [0.717, 1.165) is 17.2 Å². The lowest BCUT2D eigenvalue weighted by atomic mass is 10.0. The highest BCUT2D eigenvalue weighted by atomic mass is 19.4. The summed E-state index contributed by atoms with van der Waals surface area (Å²) in [6.07, 6.45) is -4.14. The maximum atomic E-state index is 12.9. The number of ether oxygens (including phenoxy) is 1. The summed E-state index contributed by atoms with van der Waals surface area (Å²) in [6, 6.07) is 11.4.